The van der Waals surface area contributed by atoms with Gasteiger partial charge in [-0.05, 0) is 35.9 Å². The molecular weight excluding hydrogens is 334 g/mol. The number of sulfonamides is 1. The van der Waals surface area contributed by atoms with E-state index in [1.807, 2.05) is 19.1 Å². The molecule has 1 fully saturated rings. The zero-order chi connectivity index (χ0) is 18.3. The first-order valence-corrected chi connectivity index (χ1v) is 13.6. The van der Waals surface area contributed by atoms with Gasteiger partial charge in [0.05, 0.1) is 13.0 Å². The molecule has 1 aliphatic heterocycles. The van der Waals surface area contributed by atoms with Crippen molar-refractivity contribution >= 4 is 18.1 Å². The maximum Gasteiger partial charge on any atom is 0.243 e. The van der Waals surface area contributed by atoms with Crippen LogP contribution in [0, 0.1) is 18.8 Å². The van der Waals surface area contributed by atoms with E-state index in [2.05, 4.69) is 40.8 Å². The number of benzene rings is 1. The first kappa shape index (κ1) is 19.7. The third kappa shape index (κ3) is 3.94. The van der Waals surface area contributed by atoms with Gasteiger partial charge in [0, 0.05) is 13.1 Å². The Labute approximate surface area is 149 Å². The molecule has 0 radical (unpaired) electrons. The average Bonchev–Trinajstić information content (AvgIpc) is 2.79. The lowest BCUT2D eigenvalue weighted by Gasteiger charge is -2.39. The maximum absolute atomic E-state index is 12.9. The summed E-state index contributed by atoms with van der Waals surface area (Å²) in [6.45, 7) is 17.4. The van der Waals surface area contributed by atoms with Gasteiger partial charge in [-0.3, -0.25) is 0 Å². The van der Waals surface area contributed by atoms with Crippen LogP contribution in [-0.4, -0.2) is 33.9 Å². The lowest BCUT2D eigenvalue weighted by molar-refractivity contribution is 0.462. The van der Waals surface area contributed by atoms with E-state index in [1.165, 1.54) is 6.04 Å². The van der Waals surface area contributed by atoms with Crippen LogP contribution >= 0.6 is 0 Å². The number of hydrogen-bond donors (Lipinski definition) is 0. The van der Waals surface area contributed by atoms with E-state index < -0.39 is 18.1 Å². The van der Waals surface area contributed by atoms with Crippen molar-refractivity contribution in [2.24, 2.45) is 11.8 Å². The van der Waals surface area contributed by atoms with Crippen molar-refractivity contribution in [3.8, 4) is 0 Å². The maximum atomic E-state index is 12.9. The second-order valence-corrected chi connectivity index (χ2v) is 16.8. The van der Waals surface area contributed by atoms with Crippen LogP contribution in [-0.2, 0) is 10.0 Å². The van der Waals surface area contributed by atoms with Gasteiger partial charge in [-0.1, -0.05) is 64.5 Å². The fourth-order valence-electron chi connectivity index (χ4n) is 3.27. The van der Waals surface area contributed by atoms with Gasteiger partial charge in [0.25, 0.3) is 0 Å². The summed E-state index contributed by atoms with van der Waals surface area (Å²) in [7, 11) is -4.77. The molecule has 0 amide bonds. The summed E-state index contributed by atoms with van der Waals surface area (Å²) in [5.74, 6) is 0.908. The molecule has 0 N–H and O–H groups in total. The van der Waals surface area contributed by atoms with Crippen LogP contribution in [0.15, 0.2) is 29.2 Å². The lowest BCUT2D eigenvalue weighted by atomic mass is 10.0. The van der Waals surface area contributed by atoms with Gasteiger partial charge in [0.1, 0.15) is 0 Å². The molecule has 24 heavy (non-hydrogen) atoms. The fraction of sp³-hybridized carbons (Fsp3) is 0.684. The highest BCUT2D eigenvalue weighted by molar-refractivity contribution is 7.89. The van der Waals surface area contributed by atoms with Crippen LogP contribution in [0.3, 0.4) is 0 Å². The molecule has 0 bridgehead atoms. The minimum atomic E-state index is -3.36. The Morgan fingerprint density at radius 1 is 1.12 bits per heavy atom. The largest absolute Gasteiger partial charge is 0.243 e. The van der Waals surface area contributed by atoms with E-state index in [4.69, 9.17) is 0 Å². The second kappa shape index (κ2) is 6.58. The molecule has 1 heterocycles. The van der Waals surface area contributed by atoms with Gasteiger partial charge in [-0.15, -0.1) is 0 Å². The van der Waals surface area contributed by atoms with Gasteiger partial charge in [-0.2, -0.15) is 4.31 Å². The average molecular weight is 368 g/mol. The molecule has 0 saturated carbocycles. The lowest BCUT2D eigenvalue weighted by Crippen LogP contribution is -2.40. The number of rotatable bonds is 4. The molecular formula is C19H33NO2SSi. The molecule has 3 nitrogen and oxygen atoms in total. The highest BCUT2D eigenvalue weighted by Gasteiger charge is 2.43. The predicted octanol–water partition coefficient (Wildman–Crippen LogP) is 4.76. The van der Waals surface area contributed by atoms with E-state index in [-0.39, 0.29) is 0 Å². The molecule has 1 aromatic carbocycles. The molecule has 1 saturated heterocycles. The third-order valence-electron chi connectivity index (χ3n) is 6.20. The van der Waals surface area contributed by atoms with E-state index in [1.54, 1.807) is 16.4 Å². The Morgan fingerprint density at radius 3 is 2.17 bits per heavy atom. The van der Waals surface area contributed by atoms with Crippen LogP contribution in [0.25, 0.3) is 0 Å². The van der Waals surface area contributed by atoms with Gasteiger partial charge in [0.2, 0.25) is 10.0 Å². The van der Waals surface area contributed by atoms with Crippen molar-refractivity contribution in [1.29, 1.82) is 0 Å². The zero-order valence-corrected chi connectivity index (χ0v) is 18.1. The summed E-state index contributed by atoms with van der Waals surface area (Å²) in [5, 5.41) is 0.343. The van der Waals surface area contributed by atoms with Crippen LogP contribution in [0.1, 0.15) is 33.3 Å². The van der Waals surface area contributed by atoms with Gasteiger partial charge < -0.3 is 0 Å². The van der Waals surface area contributed by atoms with Crippen LogP contribution in [0.4, 0.5) is 0 Å². The highest BCUT2D eigenvalue weighted by Crippen LogP contribution is 2.43. The third-order valence-corrected chi connectivity index (χ3v) is 13.6. The van der Waals surface area contributed by atoms with Gasteiger partial charge in [0.15, 0.2) is 0 Å². The quantitative estimate of drug-likeness (QED) is 0.720. The molecule has 1 aliphatic rings. The second-order valence-electron chi connectivity index (χ2n) is 9.21. The summed E-state index contributed by atoms with van der Waals surface area (Å²) < 4.78 is 27.6. The summed E-state index contributed by atoms with van der Waals surface area (Å²) in [6, 6.07) is 8.41. The molecule has 2 atom stereocenters. The summed E-state index contributed by atoms with van der Waals surface area (Å²) in [4.78, 5) is 0.424. The topological polar surface area (TPSA) is 37.4 Å². The van der Waals surface area contributed by atoms with E-state index in [9.17, 15) is 8.42 Å². The molecule has 1 aromatic rings. The van der Waals surface area contributed by atoms with Crippen LogP contribution < -0.4 is 0 Å². The summed E-state index contributed by atoms with van der Waals surface area (Å²) >= 11 is 0. The molecule has 0 aliphatic carbocycles. The minimum absolute atomic E-state index is 0.343. The van der Waals surface area contributed by atoms with Crippen LogP contribution in [0.5, 0.6) is 0 Å². The minimum Gasteiger partial charge on any atom is -0.207 e. The smallest absolute Gasteiger partial charge is 0.207 e. The standard InChI is InChI=1S/C19H33NO2SSi/c1-15-8-10-18(11-9-15)23(21,22)20-12-16(2)17(13-20)14-24(6,7)19(3,4)5/h8-11,16-17H,12-14H2,1-7H3/t16-,17-/m1/s1. The van der Waals surface area contributed by atoms with Crippen LogP contribution in [0.2, 0.25) is 24.2 Å². The van der Waals surface area contributed by atoms with Crippen molar-refractivity contribution in [2.45, 2.75) is 63.7 Å². The zero-order valence-electron chi connectivity index (χ0n) is 16.3. The van der Waals surface area contributed by atoms with Gasteiger partial charge in [-0.25, -0.2) is 8.42 Å². The molecule has 0 spiro atoms. The Bertz CT molecular complexity index is 674. The Kier molecular flexibility index (Phi) is 5.39. The Balaban J connectivity index is 2.17. The first-order valence-electron chi connectivity index (χ1n) is 8.91. The number of aryl methyl sites for hydroxylation is 1. The molecule has 2 rings (SSSR count). The Hall–Kier alpha value is -0.653. The van der Waals surface area contributed by atoms with Crippen molar-refractivity contribution < 1.29 is 8.42 Å². The summed E-state index contributed by atoms with van der Waals surface area (Å²) in [5.41, 5.74) is 1.08. The van der Waals surface area contributed by atoms with Crippen molar-refractivity contribution in [1.82, 2.24) is 4.31 Å². The van der Waals surface area contributed by atoms with E-state index in [0.29, 0.717) is 34.9 Å². The number of nitrogens with zero attached hydrogens (tertiary/aromatic N) is 1. The Morgan fingerprint density at radius 2 is 1.67 bits per heavy atom. The molecule has 0 unspecified atom stereocenters. The van der Waals surface area contributed by atoms with E-state index >= 15 is 0 Å². The van der Waals surface area contributed by atoms with Gasteiger partial charge >= 0.3 is 0 Å². The summed E-state index contributed by atoms with van der Waals surface area (Å²) in [6.07, 6.45) is 0. The normalized spacial score (nSPS) is 23.6. The van der Waals surface area contributed by atoms with Crippen molar-refractivity contribution in [2.75, 3.05) is 13.1 Å². The first-order chi connectivity index (χ1) is 10.8. The van der Waals surface area contributed by atoms with Crippen molar-refractivity contribution in [3.05, 3.63) is 29.8 Å². The molecule has 136 valence electrons. The predicted molar refractivity (Wildman–Crippen MR) is 105 cm³/mol. The molecule has 5 heteroatoms. The monoisotopic (exact) mass is 367 g/mol. The molecule has 0 aromatic heterocycles. The number of hydrogen-bond acceptors (Lipinski definition) is 2. The van der Waals surface area contributed by atoms with Crippen molar-refractivity contribution in [3.63, 3.8) is 0 Å². The SMILES string of the molecule is Cc1ccc(S(=O)(=O)N2C[C@H](C[Si](C)(C)C(C)(C)C)[C@H](C)C2)cc1. The fourth-order valence-corrected chi connectivity index (χ4v) is 7.32. The highest BCUT2D eigenvalue weighted by atomic mass is 32.2. The van der Waals surface area contributed by atoms with E-state index in [0.717, 1.165) is 5.56 Å².